The summed E-state index contributed by atoms with van der Waals surface area (Å²) in [5.74, 6) is -0.158. The van der Waals surface area contributed by atoms with Crippen LogP contribution in [0.2, 0.25) is 0 Å². The molecule has 0 radical (unpaired) electrons. The average Bonchev–Trinajstić information content (AvgIpc) is 2.30. The lowest BCUT2D eigenvalue weighted by molar-refractivity contribution is -0.132. The molecule has 1 heterocycles. The van der Waals surface area contributed by atoms with E-state index >= 15 is 0 Å². The molecule has 0 spiro atoms. The Kier molecular flexibility index (Phi) is 3.41. The van der Waals surface area contributed by atoms with Gasteiger partial charge in [-0.1, -0.05) is 24.8 Å². The lowest BCUT2D eigenvalue weighted by Crippen LogP contribution is -2.31. The van der Waals surface area contributed by atoms with E-state index in [1.54, 1.807) is 0 Å². The Hall–Kier alpha value is -0.830. The molecular formula is C12H19NO2. The molecule has 84 valence electrons. The van der Waals surface area contributed by atoms with Gasteiger partial charge in [0, 0.05) is 6.54 Å². The fourth-order valence-corrected chi connectivity index (χ4v) is 2.82. The minimum Gasteiger partial charge on any atom is -0.478 e. The molecule has 0 bridgehead atoms. The third-order valence-corrected chi connectivity index (χ3v) is 3.62. The highest BCUT2D eigenvalue weighted by Crippen LogP contribution is 2.33. The smallest absolute Gasteiger partial charge is 0.332 e. The maximum Gasteiger partial charge on any atom is 0.332 e. The van der Waals surface area contributed by atoms with Crippen LogP contribution in [-0.4, -0.2) is 24.2 Å². The summed E-state index contributed by atoms with van der Waals surface area (Å²) in [6, 6.07) is 0. The second-order valence-corrected chi connectivity index (χ2v) is 4.57. The first-order chi connectivity index (χ1) is 7.29. The first-order valence-electron chi connectivity index (χ1n) is 5.95. The number of carboxylic acid groups (broad SMARTS) is 1. The van der Waals surface area contributed by atoms with Crippen LogP contribution in [0.1, 0.15) is 38.5 Å². The molecule has 0 atom stereocenters. The Morgan fingerprint density at radius 3 is 2.67 bits per heavy atom. The maximum atomic E-state index is 11.1. The monoisotopic (exact) mass is 209 g/mol. The third-order valence-electron chi connectivity index (χ3n) is 3.62. The number of hydrogen-bond acceptors (Lipinski definition) is 2. The van der Waals surface area contributed by atoms with E-state index in [-0.39, 0.29) is 0 Å². The predicted octanol–water partition coefficient (Wildman–Crippen LogP) is 1.94. The Labute approximate surface area is 90.6 Å². The van der Waals surface area contributed by atoms with Crippen molar-refractivity contribution in [3.8, 4) is 0 Å². The lowest BCUT2D eigenvalue weighted by atomic mass is 9.79. The van der Waals surface area contributed by atoms with E-state index in [9.17, 15) is 4.79 Å². The van der Waals surface area contributed by atoms with E-state index < -0.39 is 5.97 Å². The number of carbonyl (C=O) groups is 1. The van der Waals surface area contributed by atoms with Crippen LogP contribution in [0.3, 0.4) is 0 Å². The summed E-state index contributed by atoms with van der Waals surface area (Å²) < 4.78 is 0. The first-order valence-corrected chi connectivity index (χ1v) is 5.95. The maximum absolute atomic E-state index is 11.1. The first kappa shape index (κ1) is 10.7. The second kappa shape index (κ2) is 4.79. The molecule has 2 aliphatic rings. The van der Waals surface area contributed by atoms with Gasteiger partial charge in [0.25, 0.3) is 0 Å². The van der Waals surface area contributed by atoms with Crippen molar-refractivity contribution in [2.45, 2.75) is 38.5 Å². The molecule has 1 aliphatic heterocycles. The Morgan fingerprint density at radius 1 is 1.27 bits per heavy atom. The number of hydrogen-bond donors (Lipinski definition) is 2. The second-order valence-electron chi connectivity index (χ2n) is 4.57. The third kappa shape index (κ3) is 2.40. The SMILES string of the molecule is O=C(O)C1=C(C2CCCCC2)CCNC1. The zero-order valence-electron chi connectivity index (χ0n) is 9.09. The van der Waals surface area contributed by atoms with E-state index in [4.69, 9.17) is 5.11 Å². The van der Waals surface area contributed by atoms with Crippen molar-refractivity contribution in [2.75, 3.05) is 13.1 Å². The van der Waals surface area contributed by atoms with Crippen molar-refractivity contribution < 1.29 is 9.90 Å². The molecule has 0 unspecified atom stereocenters. The van der Waals surface area contributed by atoms with Gasteiger partial charge in [-0.2, -0.15) is 0 Å². The Balaban J connectivity index is 2.17. The highest BCUT2D eigenvalue weighted by Gasteiger charge is 2.25. The van der Waals surface area contributed by atoms with Crippen molar-refractivity contribution in [3.05, 3.63) is 11.1 Å². The number of aliphatic carboxylic acids is 1. The highest BCUT2D eigenvalue weighted by atomic mass is 16.4. The van der Waals surface area contributed by atoms with Crippen molar-refractivity contribution in [2.24, 2.45) is 5.92 Å². The minimum atomic E-state index is -0.720. The van der Waals surface area contributed by atoms with Crippen molar-refractivity contribution in [1.82, 2.24) is 5.32 Å². The van der Waals surface area contributed by atoms with Gasteiger partial charge < -0.3 is 10.4 Å². The zero-order chi connectivity index (χ0) is 10.7. The van der Waals surface area contributed by atoms with Gasteiger partial charge in [-0.25, -0.2) is 4.79 Å². The minimum absolute atomic E-state index is 0.557. The molecule has 0 saturated heterocycles. The molecule has 1 fully saturated rings. The van der Waals surface area contributed by atoms with Gasteiger partial charge in [-0.3, -0.25) is 0 Å². The molecule has 0 amide bonds. The number of rotatable bonds is 2. The van der Waals surface area contributed by atoms with Gasteiger partial charge in [0.1, 0.15) is 0 Å². The number of carboxylic acids is 1. The highest BCUT2D eigenvalue weighted by molar-refractivity contribution is 5.88. The van der Waals surface area contributed by atoms with Gasteiger partial charge >= 0.3 is 5.97 Å². The van der Waals surface area contributed by atoms with Gasteiger partial charge in [0.05, 0.1) is 5.57 Å². The van der Waals surface area contributed by atoms with E-state index in [2.05, 4.69) is 5.32 Å². The standard InChI is InChI=1S/C12H19NO2/c14-12(15)11-8-13-7-6-10(11)9-4-2-1-3-5-9/h9,13H,1-8H2,(H,14,15). The van der Waals surface area contributed by atoms with E-state index in [1.807, 2.05) is 0 Å². The molecule has 15 heavy (non-hydrogen) atoms. The molecule has 3 heteroatoms. The van der Waals surface area contributed by atoms with Crippen molar-refractivity contribution in [3.63, 3.8) is 0 Å². The summed E-state index contributed by atoms with van der Waals surface area (Å²) in [5.41, 5.74) is 1.88. The summed E-state index contributed by atoms with van der Waals surface area (Å²) in [6.45, 7) is 1.50. The molecule has 0 aromatic rings. The zero-order valence-corrected chi connectivity index (χ0v) is 9.09. The van der Waals surface area contributed by atoms with Crippen molar-refractivity contribution in [1.29, 1.82) is 0 Å². The molecule has 2 N–H and O–H groups in total. The van der Waals surface area contributed by atoms with E-state index in [0.717, 1.165) is 13.0 Å². The molecule has 0 aromatic heterocycles. The summed E-state index contributed by atoms with van der Waals surface area (Å²) in [7, 11) is 0. The van der Waals surface area contributed by atoms with E-state index in [1.165, 1.54) is 37.7 Å². The summed E-state index contributed by atoms with van der Waals surface area (Å²) in [6.07, 6.45) is 7.21. The van der Waals surface area contributed by atoms with Crippen LogP contribution < -0.4 is 5.32 Å². The summed E-state index contributed by atoms with van der Waals surface area (Å²) in [4.78, 5) is 11.1. The van der Waals surface area contributed by atoms with Gasteiger partial charge in [0.2, 0.25) is 0 Å². The molecule has 0 aromatic carbocycles. The van der Waals surface area contributed by atoms with Crippen LogP contribution in [0.4, 0.5) is 0 Å². The lowest BCUT2D eigenvalue weighted by Gasteiger charge is -2.29. The molecular weight excluding hydrogens is 190 g/mol. The number of nitrogens with one attached hydrogen (secondary N) is 1. The largest absolute Gasteiger partial charge is 0.478 e. The van der Waals surface area contributed by atoms with Crippen molar-refractivity contribution >= 4 is 5.97 Å². The fraction of sp³-hybridized carbons (Fsp3) is 0.750. The van der Waals surface area contributed by atoms with Crippen LogP contribution in [-0.2, 0) is 4.79 Å². The summed E-state index contributed by atoms with van der Waals surface area (Å²) in [5, 5.41) is 12.3. The Morgan fingerprint density at radius 2 is 2.00 bits per heavy atom. The van der Waals surface area contributed by atoms with Gasteiger partial charge in [-0.15, -0.1) is 0 Å². The summed E-state index contributed by atoms with van der Waals surface area (Å²) >= 11 is 0. The Bertz CT molecular complexity index is 277. The molecule has 1 aliphatic carbocycles. The van der Waals surface area contributed by atoms with Gasteiger partial charge in [-0.05, 0) is 31.7 Å². The van der Waals surface area contributed by atoms with Crippen LogP contribution in [0.5, 0.6) is 0 Å². The quantitative estimate of drug-likeness (QED) is 0.730. The normalized spacial score (nSPS) is 24.3. The predicted molar refractivity (Wildman–Crippen MR) is 58.7 cm³/mol. The van der Waals surface area contributed by atoms with Gasteiger partial charge in [0.15, 0.2) is 0 Å². The molecule has 1 saturated carbocycles. The average molecular weight is 209 g/mol. The van der Waals surface area contributed by atoms with Crippen LogP contribution in [0.25, 0.3) is 0 Å². The van der Waals surface area contributed by atoms with E-state index in [0.29, 0.717) is 18.0 Å². The van der Waals surface area contributed by atoms with Crippen LogP contribution in [0.15, 0.2) is 11.1 Å². The van der Waals surface area contributed by atoms with Crippen LogP contribution >= 0.6 is 0 Å². The van der Waals surface area contributed by atoms with Crippen LogP contribution in [0, 0.1) is 5.92 Å². The fourth-order valence-electron chi connectivity index (χ4n) is 2.82. The topological polar surface area (TPSA) is 49.3 Å². The molecule has 2 rings (SSSR count). The molecule has 3 nitrogen and oxygen atoms in total.